The van der Waals surface area contributed by atoms with Crippen molar-refractivity contribution >= 4 is 16.6 Å². The van der Waals surface area contributed by atoms with E-state index >= 15 is 0 Å². The molecule has 1 aromatic carbocycles. The van der Waals surface area contributed by atoms with Gasteiger partial charge < -0.3 is 15.6 Å². The Bertz CT molecular complexity index is 471. The van der Waals surface area contributed by atoms with Gasteiger partial charge in [0.15, 0.2) is 0 Å². The number of aromatic nitrogens is 1. The summed E-state index contributed by atoms with van der Waals surface area (Å²) in [6.45, 7) is 4.01. The topological polar surface area (TPSA) is 43.0 Å². The molecule has 0 unspecified atom stereocenters. The summed E-state index contributed by atoms with van der Waals surface area (Å²) in [6, 6.07) is 8.25. The van der Waals surface area contributed by atoms with E-state index in [1.807, 2.05) is 19.2 Å². The van der Waals surface area contributed by atoms with Crippen LogP contribution in [0.15, 0.2) is 24.3 Å². The van der Waals surface area contributed by atoms with Gasteiger partial charge in [0, 0.05) is 29.9 Å². The second-order valence-electron chi connectivity index (χ2n) is 3.69. The van der Waals surface area contributed by atoms with Gasteiger partial charge in [-0.15, -0.1) is 0 Å². The maximum absolute atomic E-state index is 5.96. The molecular formula is C12H17N3. The van der Waals surface area contributed by atoms with Crippen LogP contribution in [0.2, 0.25) is 0 Å². The zero-order chi connectivity index (χ0) is 10.8. The Kier molecular flexibility index (Phi) is 2.64. The van der Waals surface area contributed by atoms with E-state index in [-0.39, 0.29) is 0 Å². The van der Waals surface area contributed by atoms with Gasteiger partial charge >= 0.3 is 0 Å². The lowest BCUT2D eigenvalue weighted by atomic mass is 10.2. The predicted molar refractivity (Wildman–Crippen MR) is 64.8 cm³/mol. The van der Waals surface area contributed by atoms with E-state index in [9.17, 15) is 0 Å². The molecule has 1 aromatic heterocycles. The van der Waals surface area contributed by atoms with E-state index in [0.29, 0.717) is 0 Å². The highest BCUT2D eigenvalue weighted by Crippen LogP contribution is 2.25. The minimum Gasteiger partial charge on any atom is -0.398 e. The van der Waals surface area contributed by atoms with Crippen molar-refractivity contribution in [1.82, 2.24) is 9.88 Å². The Morgan fingerprint density at radius 3 is 2.87 bits per heavy atom. The van der Waals surface area contributed by atoms with Gasteiger partial charge in [-0.1, -0.05) is 6.07 Å². The van der Waals surface area contributed by atoms with E-state index in [1.165, 1.54) is 11.2 Å². The van der Waals surface area contributed by atoms with Crippen molar-refractivity contribution in [2.45, 2.75) is 20.0 Å². The van der Waals surface area contributed by atoms with Crippen LogP contribution in [-0.4, -0.2) is 11.6 Å². The Morgan fingerprint density at radius 1 is 1.40 bits per heavy atom. The Balaban J connectivity index is 2.67. The number of anilines is 1. The van der Waals surface area contributed by atoms with E-state index in [4.69, 9.17) is 5.73 Å². The maximum Gasteiger partial charge on any atom is 0.0503 e. The molecule has 0 radical (unpaired) electrons. The number of nitrogens with one attached hydrogen (secondary N) is 1. The molecule has 0 bridgehead atoms. The number of fused-ring (bicyclic) bond motifs is 1. The molecule has 0 amide bonds. The quantitative estimate of drug-likeness (QED) is 0.749. The summed E-state index contributed by atoms with van der Waals surface area (Å²) in [6.07, 6.45) is 0. The number of benzene rings is 1. The van der Waals surface area contributed by atoms with Crippen LogP contribution < -0.4 is 11.1 Å². The molecule has 2 rings (SSSR count). The minimum atomic E-state index is 0.858. The number of hydrogen-bond donors (Lipinski definition) is 2. The summed E-state index contributed by atoms with van der Waals surface area (Å²) in [5.74, 6) is 0. The van der Waals surface area contributed by atoms with Gasteiger partial charge in [0.2, 0.25) is 0 Å². The van der Waals surface area contributed by atoms with Crippen LogP contribution in [0, 0.1) is 0 Å². The predicted octanol–water partition coefficient (Wildman–Crippen LogP) is 1.96. The van der Waals surface area contributed by atoms with Crippen molar-refractivity contribution < 1.29 is 0 Å². The van der Waals surface area contributed by atoms with Crippen molar-refractivity contribution in [3.8, 4) is 0 Å². The number of aryl methyl sites for hydroxylation is 1. The monoisotopic (exact) mass is 203 g/mol. The van der Waals surface area contributed by atoms with Crippen molar-refractivity contribution in [2.75, 3.05) is 12.8 Å². The Hall–Kier alpha value is -1.48. The second-order valence-corrected chi connectivity index (χ2v) is 3.69. The summed E-state index contributed by atoms with van der Waals surface area (Å²) in [5, 5.41) is 4.33. The summed E-state index contributed by atoms with van der Waals surface area (Å²) in [5.41, 5.74) is 9.32. The van der Waals surface area contributed by atoms with Gasteiger partial charge in [-0.05, 0) is 32.2 Å². The number of nitrogen functional groups attached to an aromatic ring is 1. The first-order valence-electron chi connectivity index (χ1n) is 5.29. The molecule has 3 N–H and O–H groups in total. The fourth-order valence-corrected chi connectivity index (χ4v) is 2.06. The molecule has 0 spiro atoms. The highest BCUT2D eigenvalue weighted by Gasteiger charge is 2.07. The lowest BCUT2D eigenvalue weighted by Crippen LogP contribution is -2.10. The van der Waals surface area contributed by atoms with Crippen LogP contribution in [0.1, 0.15) is 12.6 Å². The second kappa shape index (κ2) is 3.95. The fraction of sp³-hybridized carbons (Fsp3) is 0.333. The molecule has 0 fully saturated rings. The number of hydrogen-bond acceptors (Lipinski definition) is 2. The maximum atomic E-state index is 5.96. The molecular weight excluding hydrogens is 186 g/mol. The molecule has 0 saturated heterocycles. The summed E-state index contributed by atoms with van der Waals surface area (Å²) in [4.78, 5) is 0. The third-order valence-electron chi connectivity index (χ3n) is 2.74. The van der Waals surface area contributed by atoms with Crippen molar-refractivity contribution in [3.63, 3.8) is 0 Å². The molecule has 2 aromatic rings. The average molecular weight is 203 g/mol. The molecule has 15 heavy (non-hydrogen) atoms. The van der Waals surface area contributed by atoms with E-state index in [0.717, 1.165) is 24.2 Å². The molecule has 80 valence electrons. The number of nitrogens with zero attached hydrogens (tertiary/aromatic N) is 1. The molecule has 3 heteroatoms. The molecule has 0 aliphatic carbocycles. The average Bonchev–Trinajstić information content (AvgIpc) is 2.58. The molecule has 3 nitrogen and oxygen atoms in total. The van der Waals surface area contributed by atoms with Gasteiger partial charge in [0.1, 0.15) is 0 Å². The lowest BCUT2D eigenvalue weighted by Gasteiger charge is -2.06. The number of rotatable bonds is 3. The Morgan fingerprint density at radius 2 is 2.20 bits per heavy atom. The van der Waals surface area contributed by atoms with Gasteiger partial charge in [-0.25, -0.2) is 0 Å². The first-order chi connectivity index (χ1) is 7.27. The first-order valence-corrected chi connectivity index (χ1v) is 5.29. The third-order valence-corrected chi connectivity index (χ3v) is 2.74. The lowest BCUT2D eigenvalue weighted by molar-refractivity contribution is 0.692. The zero-order valence-corrected chi connectivity index (χ0v) is 9.25. The Labute approximate surface area is 89.9 Å². The summed E-state index contributed by atoms with van der Waals surface area (Å²) < 4.78 is 2.29. The van der Waals surface area contributed by atoms with Crippen LogP contribution in [-0.2, 0) is 13.1 Å². The molecule has 0 atom stereocenters. The highest BCUT2D eigenvalue weighted by molar-refractivity contribution is 5.92. The third kappa shape index (κ3) is 1.59. The molecule has 0 aliphatic rings. The van der Waals surface area contributed by atoms with Crippen molar-refractivity contribution in [3.05, 3.63) is 30.0 Å². The standard InChI is InChI=1S/C12H17N3/c1-3-15-9(8-14-2)7-10-11(13)5-4-6-12(10)15/h4-7,14H,3,8,13H2,1-2H3. The van der Waals surface area contributed by atoms with Crippen LogP contribution in [0.4, 0.5) is 5.69 Å². The largest absolute Gasteiger partial charge is 0.398 e. The van der Waals surface area contributed by atoms with Crippen molar-refractivity contribution in [1.29, 1.82) is 0 Å². The molecule has 0 saturated carbocycles. The van der Waals surface area contributed by atoms with Gasteiger partial charge in [-0.2, -0.15) is 0 Å². The van der Waals surface area contributed by atoms with E-state index < -0.39 is 0 Å². The van der Waals surface area contributed by atoms with E-state index in [1.54, 1.807) is 0 Å². The highest BCUT2D eigenvalue weighted by atomic mass is 15.0. The summed E-state index contributed by atoms with van der Waals surface area (Å²) in [7, 11) is 1.96. The number of nitrogens with two attached hydrogens (primary N) is 1. The van der Waals surface area contributed by atoms with Crippen LogP contribution in [0.25, 0.3) is 10.9 Å². The van der Waals surface area contributed by atoms with Crippen molar-refractivity contribution in [2.24, 2.45) is 0 Å². The summed E-state index contributed by atoms with van der Waals surface area (Å²) >= 11 is 0. The molecule has 1 heterocycles. The first kappa shape index (κ1) is 10.1. The SMILES string of the molecule is CCn1c(CNC)cc2c(N)cccc21. The van der Waals surface area contributed by atoms with E-state index in [2.05, 4.69) is 28.9 Å². The minimum absolute atomic E-state index is 0.858. The zero-order valence-electron chi connectivity index (χ0n) is 9.25. The van der Waals surface area contributed by atoms with Crippen LogP contribution in [0.3, 0.4) is 0 Å². The van der Waals surface area contributed by atoms with Gasteiger partial charge in [-0.3, -0.25) is 0 Å². The van der Waals surface area contributed by atoms with Crippen LogP contribution in [0.5, 0.6) is 0 Å². The fourth-order valence-electron chi connectivity index (χ4n) is 2.06. The van der Waals surface area contributed by atoms with Crippen LogP contribution >= 0.6 is 0 Å². The smallest absolute Gasteiger partial charge is 0.0503 e. The van der Waals surface area contributed by atoms with Gasteiger partial charge in [0.25, 0.3) is 0 Å². The molecule has 0 aliphatic heterocycles. The normalized spacial score (nSPS) is 11.1. The van der Waals surface area contributed by atoms with Gasteiger partial charge in [0.05, 0.1) is 5.52 Å².